The predicted octanol–water partition coefficient (Wildman–Crippen LogP) is 4.69. The average Bonchev–Trinajstić information content (AvgIpc) is 3.51. The van der Waals surface area contributed by atoms with Crippen LogP contribution in [0.2, 0.25) is 0 Å². The molecule has 5 heterocycles. The number of nitrogens with zero attached hydrogens (tertiary/aromatic N) is 6. The maximum absolute atomic E-state index is 9.99. The number of anilines is 2. The SMILES string of the molecule is C[C@H]1CN(C2CCOCC2)CCCN1c1nccc(-c2noc3c2CCC[C@@]32CCCc3sc(N)c(C#N)c32)n1. The number of rotatable bonds is 3. The number of nitrogens with two attached hydrogens (primary N) is 1. The number of hydrogen-bond donors (Lipinski definition) is 1. The molecule has 2 atom stereocenters. The van der Waals surface area contributed by atoms with Crippen molar-refractivity contribution in [2.24, 2.45) is 0 Å². The second-order valence-corrected chi connectivity index (χ2v) is 13.0. The van der Waals surface area contributed by atoms with Crippen molar-refractivity contribution < 1.29 is 9.26 Å². The van der Waals surface area contributed by atoms with Gasteiger partial charge in [-0.25, -0.2) is 9.97 Å². The lowest BCUT2D eigenvalue weighted by Crippen LogP contribution is -2.45. The van der Waals surface area contributed by atoms with Crippen molar-refractivity contribution in [1.82, 2.24) is 20.0 Å². The molecule has 3 aromatic rings. The van der Waals surface area contributed by atoms with Crippen molar-refractivity contribution in [3.63, 3.8) is 0 Å². The Bertz CT molecular complexity index is 1430. The van der Waals surface area contributed by atoms with Crippen molar-refractivity contribution in [1.29, 1.82) is 5.26 Å². The highest BCUT2D eigenvalue weighted by atomic mass is 32.1. The van der Waals surface area contributed by atoms with Crippen LogP contribution in [-0.4, -0.2) is 65.0 Å². The zero-order valence-electron chi connectivity index (χ0n) is 23.2. The molecule has 1 spiro atoms. The Morgan fingerprint density at radius 2 is 1.98 bits per heavy atom. The Balaban J connectivity index is 1.20. The fourth-order valence-corrected chi connectivity index (χ4v) is 8.89. The Hall–Kier alpha value is -3.00. The minimum Gasteiger partial charge on any atom is -0.389 e. The molecule has 0 unspecified atom stereocenters. The molecule has 2 aliphatic carbocycles. The number of hydrogen-bond acceptors (Lipinski definition) is 10. The number of nitriles is 1. The van der Waals surface area contributed by atoms with Gasteiger partial charge in [-0.2, -0.15) is 5.26 Å². The minimum absolute atomic E-state index is 0.309. The van der Waals surface area contributed by atoms with E-state index in [-0.39, 0.29) is 5.41 Å². The standard InChI is InChI=1S/C30H37N7O2S/c1-19-18-36(20-8-15-38-16-9-20)13-4-14-37(19)29-33-12-7-23(34-29)26-21-5-2-10-30(27(21)39-35-26)11-3-6-24-25(30)22(17-31)28(32)40-24/h7,12,19-20H,2-6,8-11,13-16,18,32H2,1H3/t19-,30-/m0/s1. The van der Waals surface area contributed by atoms with E-state index in [9.17, 15) is 5.26 Å². The van der Waals surface area contributed by atoms with Crippen molar-refractivity contribution in [3.8, 4) is 17.5 Å². The summed E-state index contributed by atoms with van der Waals surface area (Å²) in [6.45, 7) is 7.07. The molecule has 9 nitrogen and oxygen atoms in total. The molecule has 2 fully saturated rings. The largest absolute Gasteiger partial charge is 0.389 e. The molecule has 0 bridgehead atoms. The van der Waals surface area contributed by atoms with E-state index in [1.165, 1.54) is 4.88 Å². The van der Waals surface area contributed by atoms with Crippen LogP contribution in [0, 0.1) is 11.3 Å². The number of aryl methyl sites for hydroxylation is 1. The molecule has 3 aromatic heterocycles. The molecule has 2 saturated heterocycles. The maximum Gasteiger partial charge on any atom is 0.226 e. The van der Waals surface area contributed by atoms with Gasteiger partial charge in [0.25, 0.3) is 0 Å². The lowest BCUT2D eigenvalue weighted by atomic mass is 9.63. The molecular formula is C30H37N7O2S. The molecule has 10 heteroatoms. The molecule has 0 amide bonds. The van der Waals surface area contributed by atoms with Gasteiger partial charge in [0.05, 0.1) is 16.7 Å². The third kappa shape index (κ3) is 4.21. The number of fused-ring (bicyclic) bond motifs is 4. The maximum atomic E-state index is 9.99. The smallest absolute Gasteiger partial charge is 0.226 e. The van der Waals surface area contributed by atoms with Gasteiger partial charge in [-0.05, 0) is 76.3 Å². The molecule has 7 rings (SSSR count). The zero-order valence-corrected chi connectivity index (χ0v) is 24.0. The topological polar surface area (TPSA) is 117 Å². The Morgan fingerprint density at radius 1 is 1.15 bits per heavy atom. The first-order valence-corrected chi connectivity index (χ1v) is 15.6. The van der Waals surface area contributed by atoms with Gasteiger partial charge < -0.3 is 19.9 Å². The first-order valence-electron chi connectivity index (χ1n) is 14.8. The van der Waals surface area contributed by atoms with Crippen molar-refractivity contribution >= 4 is 22.3 Å². The monoisotopic (exact) mass is 559 g/mol. The summed E-state index contributed by atoms with van der Waals surface area (Å²) in [4.78, 5) is 16.0. The van der Waals surface area contributed by atoms with E-state index < -0.39 is 0 Å². The zero-order chi connectivity index (χ0) is 27.3. The summed E-state index contributed by atoms with van der Waals surface area (Å²) in [5.74, 6) is 1.68. The first kappa shape index (κ1) is 25.9. The molecule has 0 saturated carbocycles. The third-order valence-corrected chi connectivity index (χ3v) is 10.7. The van der Waals surface area contributed by atoms with E-state index in [1.807, 2.05) is 12.3 Å². The average molecular weight is 560 g/mol. The van der Waals surface area contributed by atoms with E-state index in [0.717, 1.165) is 125 Å². The second-order valence-electron chi connectivity index (χ2n) is 11.9. The van der Waals surface area contributed by atoms with Gasteiger partial charge in [0, 0.05) is 61.6 Å². The summed E-state index contributed by atoms with van der Waals surface area (Å²) < 4.78 is 11.8. The van der Waals surface area contributed by atoms with Crippen LogP contribution < -0.4 is 10.6 Å². The molecule has 2 aliphatic heterocycles. The van der Waals surface area contributed by atoms with Gasteiger partial charge in [0.1, 0.15) is 16.8 Å². The van der Waals surface area contributed by atoms with E-state index >= 15 is 0 Å². The summed E-state index contributed by atoms with van der Waals surface area (Å²) in [6.07, 6.45) is 11.0. The fraction of sp³-hybridized carbons (Fsp3) is 0.600. The van der Waals surface area contributed by atoms with E-state index in [4.69, 9.17) is 25.0 Å². The summed E-state index contributed by atoms with van der Waals surface area (Å²) in [5.41, 5.74) is 10.5. The van der Waals surface area contributed by atoms with Crippen LogP contribution in [0.4, 0.5) is 10.9 Å². The molecule has 0 aromatic carbocycles. The molecule has 4 aliphatic rings. The van der Waals surface area contributed by atoms with Gasteiger partial charge in [-0.15, -0.1) is 11.3 Å². The third-order valence-electron chi connectivity index (χ3n) is 9.58. The second kappa shape index (κ2) is 10.4. The van der Waals surface area contributed by atoms with Crippen LogP contribution in [0.3, 0.4) is 0 Å². The quantitative estimate of drug-likeness (QED) is 0.488. The number of aromatic nitrogens is 3. The van der Waals surface area contributed by atoms with Crippen molar-refractivity contribution in [3.05, 3.63) is 39.6 Å². The van der Waals surface area contributed by atoms with Gasteiger partial charge in [0.15, 0.2) is 5.76 Å². The van der Waals surface area contributed by atoms with Gasteiger partial charge in [0.2, 0.25) is 5.95 Å². The lowest BCUT2D eigenvalue weighted by Gasteiger charge is -2.39. The van der Waals surface area contributed by atoms with Crippen molar-refractivity contribution in [2.45, 2.75) is 82.2 Å². The Morgan fingerprint density at radius 3 is 2.80 bits per heavy atom. The highest BCUT2D eigenvalue weighted by molar-refractivity contribution is 7.16. The van der Waals surface area contributed by atoms with Crippen LogP contribution in [0.25, 0.3) is 11.4 Å². The fourth-order valence-electron chi connectivity index (χ4n) is 7.73. The van der Waals surface area contributed by atoms with Crippen LogP contribution in [-0.2, 0) is 23.0 Å². The highest BCUT2D eigenvalue weighted by Crippen LogP contribution is 2.55. The molecule has 2 N–H and O–H groups in total. The normalized spacial score (nSPS) is 25.8. The molecule has 40 heavy (non-hydrogen) atoms. The number of ether oxygens (including phenoxy) is 1. The van der Waals surface area contributed by atoms with E-state index in [0.29, 0.717) is 22.6 Å². The lowest BCUT2D eigenvalue weighted by molar-refractivity contribution is 0.0343. The highest BCUT2D eigenvalue weighted by Gasteiger charge is 2.48. The van der Waals surface area contributed by atoms with Crippen LogP contribution in [0.15, 0.2) is 16.8 Å². The van der Waals surface area contributed by atoms with Crippen molar-refractivity contribution in [2.75, 3.05) is 43.5 Å². The Labute approximate surface area is 239 Å². The molecule has 210 valence electrons. The first-order chi connectivity index (χ1) is 19.6. The van der Waals surface area contributed by atoms with Crippen LogP contribution in [0.1, 0.15) is 79.2 Å². The van der Waals surface area contributed by atoms with Gasteiger partial charge >= 0.3 is 0 Å². The van der Waals surface area contributed by atoms with E-state index in [1.54, 1.807) is 11.3 Å². The summed E-state index contributed by atoms with van der Waals surface area (Å²) >= 11 is 1.57. The van der Waals surface area contributed by atoms with E-state index in [2.05, 4.69) is 27.9 Å². The molecule has 0 radical (unpaired) electrons. The minimum atomic E-state index is -0.325. The summed E-state index contributed by atoms with van der Waals surface area (Å²) in [7, 11) is 0. The van der Waals surface area contributed by atoms with Gasteiger partial charge in [-0.3, -0.25) is 4.90 Å². The van der Waals surface area contributed by atoms with Crippen LogP contribution in [0.5, 0.6) is 0 Å². The summed E-state index contributed by atoms with van der Waals surface area (Å²) in [6, 6.07) is 5.28. The Kier molecular flexibility index (Phi) is 6.77. The number of nitrogen functional groups attached to an aromatic ring is 1. The molecular weight excluding hydrogens is 522 g/mol. The number of thiophene rings is 1. The summed E-state index contributed by atoms with van der Waals surface area (Å²) in [5, 5.41) is 15.3. The van der Waals surface area contributed by atoms with Gasteiger partial charge in [-0.1, -0.05) is 5.16 Å². The van der Waals surface area contributed by atoms with Crippen LogP contribution >= 0.6 is 11.3 Å². The predicted molar refractivity (Wildman–Crippen MR) is 154 cm³/mol.